The molecule has 1 saturated carbocycles. The summed E-state index contributed by atoms with van der Waals surface area (Å²) in [5.41, 5.74) is 3.52. The molecule has 0 aromatic heterocycles. The summed E-state index contributed by atoms with van der Waals surface area (Å²) in [6.07, 6.45) is 4.08. The van der Waals surface area contributed by atoms with E-state index in [0.717, 1.165) is 36.0 Å². The molecule has 1 heterocycles. The quantitative estimate of drug-likeness (QED) is 0.762. The Morgan fingerprint density at radius 1 is 1.10 bits per heavy atom. The second kappa shape index (κ2) is 8.71. The number of hydrogen-bond donors (Lipinski definition) is 1. The Bertz CT molecular complexity index is 1070. The van der Waals surface area contributed by atoms with Gasteiger partial charge in [0.1, 0.15) is 5.82 Å². The average Bonchev–Trinajstić information content (AvgIpc) is 3.53. The normalized spacial score (nSPS) is 24.0. The van der Waals surface area contributed by atoms with Crippen LogP contribution in [0.25, 0.3) is 11.1 Å². The number of rotatable bonds is 5. The van der Waals surface area contributed by atoms with Crippen molar-refractivity contribution in [3.05, 3.63) is 59.4 Å². The third-order valence-electron chi connectivity index (χ3n) is 6.42. The topological polar surface area (TPSA) is 66.5 Å². The highest BCUT2D eigenvalue weighted by molar-refractivity contribution is 7.88. The molecular weight excluding hydrogens is 415 g/mol. The number of halogens is 1. The average molecular weight is 445 g/mol. The van der Waals surface area contributed by atoms with E-state index in [-0.39, 0.29) is 29.6 Å². The summed E-state index contributed by atoms with van der Waals surface area (Å²) in [5.74, 6) is -0.101. The van der Waals surface area contributed by atoms with E-state index in [1.807, 2.05) is 41.3 Å². The molecule has 5 nitrogen and oxygen atoms in total. The fourth-order valence-corrected chi connectivity index (χ4v) is 5.63. The summed E-state index contributed by atoms with van der Waals surface area (Å²) < 4.78 is 40.1. The van der Waals surface area contributed by atoms with Gasteiger partial charge in [-0.3, -0.25) is 4.79 Å². The maximum absolute atomic E-state index is 14.4. The molecule has 3 unspecified atom stereocenters. The molecule has 2 aliphatic rings. The van der Waals surface area contributed by atoms with Crippen molar-refractivity contribution < 1.29 is 17.6 Å². The first-order valence-electron chi connectivity index (χ1n) is 10.8. The van der Waals surface area contributed by atoms with Crippen molar-refractivity contribution in [1.29, 1.82) is 0 Å². The second-order valence-electron chi connectivity index (χ2n) is 8.79. The maximum Gasteiger partial charge on any atom is 0.226 e. The van der Waals surface area contributed by atoms with Gasteiger partial charge in [-0.15, -0.1) is 0 Å². The molecule has 0 spiro atoms. The zero-order valence-corrected chi connectivity index (χ0v) is 18.8. The van der Waals surface area contributed by atoms with Crippen LogP contribution in [0, 0.1) is 18.7 Å². The number of hydrogen-bond acceptors (Lipinski definition) is 3. The number of carbonyl (C=O) groups excluding carboxylic acids is 1. The van der Waals surface area contributed by atoms with Crippen LogP contribution in [0.4, 0.5) is 4.39 Å². The smallest absolute Gasteiger partial charge is 0.226 e. The van der Waals surface area contributed by atoms with Crippen LogP contribution in [0.2, 0.25) is 0 Å². The van der Waals surface area contributed by atoms with E-state index in [2.05, 4.69) is 4.72 Å². The Labute approximate surface area is 183 Å². The molecule has 1 amide bonds. The van der Waals surface area contributed by atoms with Gasteiger partial charge in [0, 0.05) is 25.0 Å². The van der Waals surface area contributed by atoms with E-state index >= 15 is 0 Å². The second-order valence-corrected chi connectivity index (χ2v) is 10.6. The molecule has 4 rings (SSSR count). The van der Waals surface area contributed by atoms with Crippen molar-refractivity contribution in [3.8, 4) is 11.1 Å². The summed E-state index contributed by atoms with van der Waals surface area (Å²) in [7, 11) is -3.25. The Morgan fingerprint density at radius 3 is 2.55 bits per heavy atom. The van der Waals surface area contributed by atoms with Crippen LogP contribution in [0.5, 0.6) is 0 Å². The predicted octanol–water partition coefficient (Wildman–Crippen LogP) is 3.83. The van der Waals surface area contributed by atoms with Crippen molar-refractivity contribution >= 4 is 15.9 Å². The van der Waals surface area contributed by atoms with Crippen LogP contribution in [-0.2, 0) is 14.8 Å². The highest BCUT2D eigenvalue weighted by atomic mass is 32.2. The third kappa shape index (κ3) is 4.99. The summed E-state index contributed by atoms with van der Waals surface area (Å²) in [5, 5.41) is 0. The zero-order valence-electron chi connectivity index (χ0n) is 18.0. The van der Waals surface area contributed by atoms with Gasteiger partial charge in [-0.2, -0.15) is 0 Å². The fraction of sp³-hybridized carbons (Fsp3) is 0.458. The highest BCUT2D eigenvalue weighted by Crippen LogP contribution is 2.52. The van der Waals surface area contributed by atoms with E-state index in [9.17, 15) is 17.6 Å². The van der Waals surface area contributed by atoms with Crippen molar-refractivity contribution in [1.82, 2.24) is 9.62 Å². The van der Waals surface area contributed by atoms with Gasteiger partial charge in [0.05, 0.1) is 6.26 Å². The first kappa shape index (κ1) is 22.0. The van der Waals surface area contributed by atoms with Crippen LogP contribution in [-0.4, -0.2) is 44.6 Å². The van der Waals surface area contributed by atoms with Crippen molar-refractivity contribution in [2.24, 2.45) is 5.92 Å². The molecule has 31 heavy (non-hydrogen) atoms. The Balaban J connectivity index is 1.49. The standard InChI is InChI=1S/C24H29FN2O3S/c1-16-22(25)11-10-19(23(16)17-7-4-3-5-8-17)20-15-21(20)24(28)27-13-6-9-18(12-14-27)26-31(2,29)30/h3-5,7-8,10-11,18,20-21,26H,6,9,12-15H2,1-2H3. The van der Waals surface area contributed by atoms with Gasteiger partial charge in [0.25, 0.3) is 0 Å². The number of carbonyl (C=O) groups is 1. The van der Waals surface area contributed by atoms with E-state index in [1.54, 1.807) is 6.92 Å². The molecule has 1 aliphatic heterocycles. The lowest BCUT2D eigenvalue weighted by Crippen LogP contribution is -2.36. The van der Waals surface area contributed by atoms with Gasteiger partial charge in [-0.25, -0.2) is 17.5 Å². The number of nitrogens with one attached hydrogen (secondary N) is 1. The van der Waals surface area contributed by atoms with Gasteiger partial charge in [0.15, 0.2) is 0 Å². The van der Waals surface area contributed by atoms with Crippen LogP contribution in [0.15, 0.2) is 42.5 Å². The number of sulfonamides is 1. The Hall–Kier alpha value is -2.25. The molecule has 1 saturated heterocycles. The van der Waals surface area contributed by atoms with Crippen LogP contribution in [0.3, 0.4) is 0 Å². The molecular formula is C24H29FN2O3S. The number of benzene rings is 2. The molecule has 0 bridgehead atoms. The largest absolute Gasteiger partial charge is 0.342 e. The highest BCUT2D eigenvalue weighted by Gasteiger charge is 2.47. The number of likely N-dealkylation sites (tertiary alicyclic amines) is 1. The zero-order chi connectivity index (χ0) is 22.2. The molecule has 3 atom stereocenters. The predicted molar refractivity (Wildman–Crippen MR) is 120 cm³/mol. The first-order valence-corrected chi connectivity index (χ1v) is 12.7. The molecule has 166 valence electrons. The summed E-state index contributed by atoms with van der Waals surface area (Å²) in [4.78, 5) is 15.1. The van der Waals surface area contributed by atoms with E-state index < -0.39 is 10.0 Å². The van der Waals surface area contributed by atoms with Crippen molar-refractivity contribution in [2.45, 2.75) is 44.6 Å². The van der Waals surface area contributed by atoms with Gasteiger partial charge in [0.2, 0.25) is 15.9 Å². The minimum Gasteiger partial charge on any atom is -0.342 e. The fourth-order valence-electron chi connectivity index (χ4n) is 4.79. The SMILES string of the molecule is Cc1c(F)ccc(C2CC2C(=O)N2CCCC(NS(C)(=O)=O)CC2)c1-c1ccccc1. The van der Waals surface area contributed by atoms with Gasteiger partial charge < -0.3 is 4.90 Å². The lowest BCUT2D eigenvalue weighted by molar-refractivity contribution is -0.132. The number of amides is 1. The molecule has 2 fully saturated rings. The van der Waals surface area contributed by atoms with Gasteiger partial charge >= 0.3 is 0 Å². The van der Waals surface area contributed by atoms with Crippen molar-refractivity contribution in [3.63, 3.8) is 0 Å². The monoisotopic (exact) mass is 444 g/mol. The van der Waals surface area contributed by atoms with Gasteiger partial charge in [-0.1, -0.05) is 36.4 Å². The van der Waals surface area contributed by atoms with E-state index in [4.69, 9.17) is 0 Å². The van der Waals surface area contributed by atoms with Crippen molar-refractivity contribution in [2.75, 3.05) is 19.3 Å². The maximum atomic E-state index is 14.4. The Kier molecular flexibility index (Phi) is 6.17. The summed E-state index contributed by atoms with van der Waals surface area (Å²) >= 11 is 0. The minimum atomic E-state index is -3.25. The summed E-state index contributed by atoms with van der Waals surface area (Å²) in [6, 6.07) is 13.0. The van der Waals surface area contributed by atoms with Crippen LogP contribution in [0.1, 0.15) is 42.7 Å². The molecule has 1 N–H and O–H groups in total. The lowest BCUT2D eigenvalue weighted by Gasteiger charge is -2.21. The van der Waals surface area contributed by atoms with Crippen LogP contribution < -0.4 is 4.72 Å². The van der Waals surface area contributed by atoms with Gasteiger partial charge in [-0.05, 0) is 66.8 Å². The van der Waals surface area contributed by atoms with Crippen LogP contribution >= 0.6 is 0 Å². The van der Waals surface area contributed by atoms with E-state index in [0.29, 0.717) is 25.1 Å². The molecule has 7 heteroatoms. The molecule has 1 aliphatic carbocycles. The van der Waals surface area contributed by atoms with E-state index in [1.165, 1.54) is 12.3 Å². The summed E-state index contributed by atoms with van der Waals surface area (Å²) in [6.45, 7) is 3.01. The molecule has 2 aromatic carbocycles. The first-order chi connectivity index (χ1) is 14.7. The Morgan fingerprint density at radius 2 is 1.84 bits per heavy atom. The number of nitrogens with zero attached hydrogens (tertiary/aromatic N) is 1. The molecule has 0 radical (unpaired) electrons. The third-order valence-corrected chi connectivity index (χ3v) is 7.18. The molecule has 2 aromatic rings. The minimum absolute atomic E-state index is 0.0910. The lowest BCUT2D eigenvalue weighted by atomic mass is 9.91.